The van der Waals surface area contributed by atoms with Crippen LogP contribution in [0, 0.1) is 13.8 Å². The molecule has 5 aromatic rings. The Bertz CT molecular complexity index is 2240. The second-order valence-corrected chi connectivity index (χ2v) is 13.8. The molecule has 1 aliphatic heterocycles. The van der Waals surface area contributed by atoms with Crippen LogP contribution in [0.15, 0.2) is 158 Å². The molecule has 48 heavy (non-hydrogen) atoms. The number of rotatable bonds is 4. The van der Waals surface area contributed by atoms with Crippen LogP contribution < -0.4 is 4.90 Å². The van der Waals surface area contributed by atoms with Crippen molar-refractivity contribution in [3.8, 4) is 22.3 Å². The van der Waals surface area contributed by atoms with Gasteiger partial charge in [-0.3, -0.25) is 0 Å². The molecule has 0 saturated heterocycles. The lowest BCUT2D eigenvalue weighted by atomic mass is 9.73. The number of allylic oxidation sites excluding steroid dienone is 7. The Labute approximate surface area is 284 Å². The Balaban J connectivity index is 1.08. The zero-order valence-electron chi connectivity index (χ0n) is 27.7. The summed E-state index contributed by atoms with van der Waals surface area (Å²) in [6.07, 6.45) is 16.2. The average Bonchev–Trinajstić information content (AvgIpc) is 3.47. The Hall–Kier alpha value is -5.40. The zero-order chi connectivity index (χ0) is 32.4. The Kier molecular flexibility index (Phi) is 6.83. The van der Waals surface area contributed by atoms with Gasteiger partial charge in [0.25, 0.3) is 0 Å². The normalized spacial score (nSPS) is 20.4. The van der Waals surface area contributed by atoms with E-state index in [-0.39, 0.29) is 0 Å². The second-order valence-electron chi connectivity index (χ2n) is 13.8. The first-order chi connectivity index (χ1) is 23.6. The summed E-state index contributed by atoms with van der Waals surface area (Å²) in [5.41, 5.74) is 19.9. The maximum Gasteiger partial charge on any atom is 0.0629 e. The number of para-hydroxylation sites is 1. The first kappa shape index (κ1) is 28.8. The van der Waals surface area contributed by atoms with Crippen LogP contribution in [0.25, 0.3) is 33.4 Å². The molecule has 3 atom stereocenters. The molecule has 0 fully saturated rings. The van der Waals surface area contributed by atoms with Gasteiger partial charge in [0, 0.05) is 23.2 Å². The van der Waals surface area contributed by atoms with E-state index < -0.39 is 0 Å². The molecule has 232 valence electrons. The van der Waals surface area contributed by atoms with E-state index in [4.69, 9.17) is 0 Å². The van der Waals surface area contributed by atoms with Gasteiger partial charge in [0.15, 0.2) is 0 Å². The molecule has 0 saturated carbocycles. The fraction of sp³-hybridized carbons (Fsp3) is 0.149. The number of aryl methyl sites for hydroxylation is 2. The monoisotopic (exact) mass is 617 g/mol. The summed E-state index contributed by atoms with van der Waals surface area (Å²) in [5.74, 6) is 0.684. The quantitative estimate of drug-likeness (QED) is 0.194. The van der Waals surface area contributed by atoms with Gasteiger partial charge in [-0.1, -0.05) is 128 Å². The summed E-state index contributed by atoms with van der Waals surface area (Å²) >= 11 is 0. The summed E-state index contributed by atoms with van der Waals surface area (Å²) in [5, 5.41) is 0. The molecule has 3 unspecified atom stereocenters. The molecule has 0 spiro atoms. The van der Waals surface area contributed by atoms with Gasteiger partial charge in [-0.2, -0.15) is 0 Å². The number of hydrogen-bond donors (Lipinski definition) is 0. The zero-order valence-corrected chi connectivity index (χ0v) is 27.7. The SMILES string of the molecule is C=C1CC2=CC(c3cccc4c3C3C=CC=CC3N4c3ccccc3)CC=C2c2ccc(-c3cccc(C)c3-c3ccccc3C)cc21. The van der Waals surface area contributed by atoms with Crippen molar-refractivity contribution in [2.24, 2.45) is 0 Å². The van der Waals surface area contributed by atoms with Crippen molar-refractivity contribution in [3.63, 3.8) is 0 Å². The van der Waals surface area contributed by atoms with Crippen LogP contribution in [0.2, 0.25) is 0 Å². The van der Waals surface area contributed by atoms with Gasteiger partial charge in [-0.05, 0) is 123 Å². The lowest BCUT2D eigenvalue weighted by Gasteiger charge is -2.31. The van der Waals surface area contributed by atoms with Crippen molar-refractivity contribution in [2.45, 2.75) is 44.6 Å². The molecule has 1 heterocycles. The third-order valence-electron chi connectivity index (χ3n) is 11.0. The first-order valence-electron chi connectivity index (χ1n) is 17.3. The number of anilines is 2. The van der Waals surface area contributed by atoms with Crippen LogP contribution in [-0.4, -0.2) is 6.04 Å². The van der Waals surface area contributed by atoms with Gasteiger partial charge in [0.05, 0.1) is 6.04 Å². The molecule has 0 N–H and O–H groups in total. The summed E-state index contributed by atoms with van der Waals surface area (Å²) in [6.45, 7) is 9.09. The topological polar surface area (TPSA) is 3.24 Å². The number of hydrogen-bond acceptors (Lipinski definition) is 1. The van der Waals surface area contributed by atoms with Crippen LogP contribution >= 0.6 is 0 Å². The summed E-state index contributed by atoms with van der Waals surface area (Å²) in [6, 6.07) is 40.6. The van der Waals surface area contributed by atoms with Crippen LogP contribution in [0.3, 0.4) is 0 Å². The van der Waals surface area contributed by atoms with Gasteiger partial charge in [-0.25, -0.2) is 0 Å². The molecule has 1 heteroatoms. The van der Waals surface area contributed by atoms with Crippen molar-refractivity contribution >= 4 is 22.5 Å². The molecule has 1 nitrogen and oxygen atoms in total. The van der Waals surface area contributed by atoms with E-state index in [0.717, 1.165) is 12.8 Å². The summed E-state index contributed by atoms with van der Waals surface area (Å²) in [7, 11) is 0. The lowest BCUT2D eigenvalue weighted by molar-refractivity contribution is 0.730. The highest BCUT2D eigenvalue weighted by atomic mass is 15.2. The minimum absolute atomic E-state index is 0.297. The molecule has 4 aliphatic rings. The predicted molar refractivity (Wildman–Crippen MR) is 204 cm³/mol. The largest absolute Gasteiger partial charge is 0.333 e. The molecule has 3 aliphatic carbocycles. The van der Waals surface area contributed by atoms with E-state index in [9.17, 15) is 0 Å². The fourth-order valence-electron chi connectivity index (χ4n) is 8.75. The molecule has 5 aromatic carbocycles. The van der Waals surface area contributed by atoms with E-state index in [1.165, 1.54) is 83.7 Å². The van der Waals surface area contributed by atoms with Crippen molar-refractivity contribution in [2.75, 3.05) is 4.90 Å². The second kappa shape index (κ2) is 11.4. The third-order valence-corrected chi connectivity index (χ3v) is 11.0. The van der Waals surface area contributed by atoms with Gasteiger partial charge >= 0.3 is 0 Å². The van der Waals surface area contributed by atoms with Crippen molar-refractivity contribution in [1.82, 2.24) is 0 Å². The molecule has 0 aromatic heterocycles. The predicted octanol–water partition coefficient (Wildman–Crippen LogP) is 12.3. The van der Waals surface area contributed by atoms with Crippen LogP contribution in [0.4, 0.5) is 11.4 Å². The Morgan fingerprint density at radius 3 is 2.33 bits per heavy atom. The highest BCUT2D eigenvalue weighted by Crippen LogP contribution is 2.53. The van der Waals surface area contributed by atoms with E-state index in [2.05, 4.69) is 171 Å². The average molecular weight is 618 g/mol. The first-order valence-corrected chi connectivity index (χ1v) is 17.3. The van der Waals surface area contributed by atoms with Crippen LogP contribution in [0.1, 0.15) is 58.1 Å². The molecule has 9 rings (SSSR count). The van der Waals surface area contributed by atoms with Crippen molar-refractivity contribution in [1.29, 1.82) is 0 Å². The molecular formula is C47H39N. The Morgan fingerprint density at radius 2 is 1.46 bits per heavy atom. The smallest absolute Gasteiger partial charge is 0.0629 e. The minimum Gasteiger partial charge on any atom is -0.333 e. The highest BCUT2D eigenvalue weighted by Gasteiger charge is 2.40. The summed E-state index contributed by atoms with van der Waals surface area (Å²) in [4.78, 5) is 2.54. The summed E-state index contributed by atoms with van der Waals surface area (Å²) < 4.78 is 0. The van der Waals surface area contributed by atoms with E-state index in [1.807, 2.05) is 0 Å². The maximum atomic E-state index is 4.66. The van der Waals surface area contributed by atoms with Gasteiger partial charge < -0.3 is 4.90 Å². The number of fused-ring (bicyclic) bond motifs is 6. The van der Waals surface area contributed by atoms with Crippen LogP contribution in [-0.2, 0) is 0 Å². The van der Waals surface area contributed by atoms with E-state index >= 15 is 0 Å². The van der Waals surface area contributed by atoms with Crippen molar-refractivity contribution in [3.05, 3.63) is 191 Å². The number of nitrogens with zero attached hydrogens (tertiary/aromatic N) is 1. The molecule has 0 bridgehead atoms. The molecular weight excluding hydrogens is 579 g/mol. The van der Waals surface area contributed by atoms with Gasteiger partial charge in [0.2, 0.25) is 0 Å². The molecule has 0 amide bonds. The standard InChI is InChI=1S/C47H39N/c1-30-13-7-8-17-37(30)46-31(2)14-11-19-39(46)34-24-26-41-38-25-23-33(28-35(38)27-32(3)43(41)29-34)40-20-12-22-45-47(40)42-18-9-10-21-44(42)48(45)36-15-5-4-6-16-36/h4-22,24-26,28-29,33,42,44H,3,23,27H2,1-2H3. The number of benzene rings is 5. The maximum absolute atomic E-state index is 4.66. The Morgan fingerprint density at radius 1 is 0.688 bits per heavy atom. The van der Waals surface area contributed by atoms with E-state index in [1.54, 1.807) is 0 Å². The lowest BCUT2D eigenvalue weighted by Crippen LogP contribution is -2.28. The fourth-order valence-corrected chi connectivity index (χ4v) is 8.75. The van der Waals surface area contributed by atoms with E-state index in [0.29, 0.717) is 17.9 Å². The third kappa shape index (κ3) is 4.53. The highest BCUT2D eigenvalue weighted by molar-refractivity contribution is 5.96. The van der Waals surface area contributed by atoms with Gasteiger partial charge in [0.1, 0.15) is 0 Å². The van der Waals surface area contributed by atoms with Gasteiger partial charge in [-0.15, -0.1) is 0 Å². The minimum atomic E-state index is 0.297. The van der Waals surface area contributed by atoms with Crippen LogP contribution in [0.5, 0.6) is 0 Å². The molecule has 0 radical (unpaired) electrons. The van der Waals surface area contributed by atoms with Crippen molar-refractivity contribution < 1.29 is 0 Å².